The fraction of sp³-hybridized carbons (Fsp3) is 0.400. The van der Waals surface area contributed by atoms with Gasteiger partial charge in [0.1, 0.15) is 17.9 Å². The summed E-state index contributed by atoms with van der Waals surface area (Å²) in [5.74, 6) is 0.144. The molecule has 3 rings (SSSR count). The van der Waals surface area contributed by atoms with Crippen LogP contribution >= 0.6 is 0 Å². The molecule has 26 heavy (non-hydrogen) atoms. The Balaban J connectivity index is 2.22. The average molecular weight is 356 g/mol. The van der Waals surface area contributed by atoms with Crippen molar-refractivity contribution in [1.82, 2.24) is 4.57 Å². The quantitative estimate of drug-likeness (QED) is 0.791. The Bertz CT molecular complexity index is 915. The van der Waals surface area contributed by atoms with Crippen LogP contribution < -0.4 is 15.1 Å². The number of carbonyl (C=O) groups is 1. The molecule has 1 aromatic carbocycles. The van der Waals surface area contributed by atoms with Gasteiger partial charge in [0.2, 0.25) is 0 Å². The van der Waals surface area contributed by atoms with Crippen molar-refractivity contribution >= 4 is 11.7 Å². The van der Waals surface area contributed by atoms with Crippen molar-refractivity contribution in [2.24, 2.45) is 0 Å². The van der Waals surface area contributed by atoms with Crippen molar-refractivity contribution in [3.05, 3.63) is 45.7 Å². The van der Waals surface area contributed by atoms with Crippen LogP contribution in [0.15, 0.2) is 29.2 Å². The summed E-state index contributed by atoms with van der Waals surface area (Å²) < 4.78 is 12.9. The molecule has 6 nitrogen and oxygen atoms in total. The molecule has 0 bridgehead atoms. The van der Waals surface area contributed by atoms with E-state index in [9.17, 15) is 9.59 Å². The molecule has 6 heteroatoms. The zero-order valence-electron chi connectivity index (χ0n) is 15.8. The monoisotopic (exact) mass is 356 g/mol. The van der Waals surface area contributed by atoms with E-state index in [1.165, 1.54) is 6.07 Å². The highest BCUT2D eigenvalue weighted by Gasteiger charge is 2.24. The maximum atomic E-state index is 12.5. The number of rotatable bonds is 3. The second kappa shape index (κ2) is 6.86. The van der Waals surface area contributed by atoms with E-state index in [2.05, 4.69) is 0 Å². The maximum absolute atomic E-state index is 12.5. The Hall–Kier alpha value is -2.76. The Morgan fingerprint density at radius 3 is 2.73 bits per heavy atom. The number of aromatic nitrogens is 1. The lowest BCUT2D eigenvalue weighted by atomic mass is 10.0. The third kappa shape index (κ3) is 3.07. The Morgan fingerprint density at radius 1 is 1.35 bits per heavy atom. The van der Waals surface area contributed by atoms with E-state index in [0.717, 1.165) is 28.3 Å². The van der Waals surface area contributed by atoms with Gasteiger partial charge in [-0.05, 0) is 32.4 Å². The number of anilines is 1. The molecule has 0 saturated heterocycles. The summed E-state index contributed by atoms with van der Waals surface area (Å²) in [7, 11) is 3.97. The van der Waals surface area contributed by atoms with Gasteiger partial charge in [0.05, 0.1) is 18.3 Å². The van der Waals surface area contributed by atoms with Crippen molar-refractivity contribution in [2.45, 2.75) is 26.8 Å². The van der Waals surface area contributed by atoms with Crippen molar-refractivity contribution in [3.63, 3.8) is 0 Å². The first kappa shape index (κ1) is 18.0. The van der Waals surface area contributed by atoms with Crippen molar-refractivity contribution < 1.29 is 14.3 Å². The summed E-state index contributed by atoms with van der Waals surface area (Å²) in [6.07, 6.45) is 1.59. The van der Waals surface area contributed by atoms with Crippen LogP contribution in [0.2, 0.25) is 0 Å². The summed E-state index contributed by atoms with van der Waals surface area (Å²) in [5, 5.41) is 0. The first-order valence-corrected chi connectivity index (χ1v) is 8.72. The normalized spacial score (nSPS) is 15.3. The molecule has 0 saturated carbocycles. The van der Waals surface area contributed by atoms with Crippen LogP contribution in [0.3, 0.4) is 0 Å². The zero-order valence-corrected chi connectivity index (χ0v) is 15.8. The minimum Gasteiger partial charge on any atom is -0.491 e. The molecular formula is C20H24N2O4. The molecule has 1 aliphatic rings. The maximum Gasteiger partial charge on any atom is 0.343 e. The number of hydrogen-bond acceptors (Lipinski definition) is 5. The van der Waals surface area contributed by atoms with Crippen LogP contribution in [0, 0.1) is 6.92 Å². The van der Waals surface area contributed by atoms with Crippen molar-refractivity contribution in [1.29, 1.82) is 0 Å². The first-order valence-electron chi connectivity index (χ1n) is 8.72. The number of esters is 1. The van der Waals surface area contributed by atoms with Crippen LogP contribution in [0.25, 0.3) is 11.3 Å². The number of carbonyl (C=O) groups excluding carboxylic acids is 1. The zero-order chi connectivity index (χ0) is 19.0. The number of aryl methyl sites for hydroxylation is 1. The van der Waals surface area contributed by atoms with E-state index in [1.54, 1.807) is 13.1 Å². The van der Waals surface area contributed by atoms with Crippen molar-refractivity contribution in [3.8, 4) is 17.0 Å². The lowest BCUT2D eigenvalue weighted by Crippen LogP contribution is -2.22. The largest absolute Gasteiger partial charge is 0.491 e. The van der Waals surface area contributed by atoms with Crippen LogP contribution in [0.1, 0.15) is 35.8 Å². The van der Waals surface area contributed by atoms with E-state index in [4.69, 9.17) is 9.47 Å². The molecule has 0 unspecified atom stereocenters. The lowest BCUT2D eigenvalue weighted by Gasteiger charge is -2.19. The number of fused-ring (bicyclic) bond motifs is 3. The van der Waals surface area contributed by atoms with Gasteiger partial charge in [-0.1, -0.05) is 0 Å². The van der Waals surface area contributed by atoms with E-state index in [0.29, 0.717) is 6.61 Å². The predicted octanol–water partition coefficient (Wildman–Crippen LogP) is 3.02. The van der Waals surface area contributed by atoms with E-state index >= 15 is 0 Å². The first-order chi connectivity index (χ1) is 12.3. The molecule has 0 spiro atoms. The highest BCUT2D eigenvalue weighted by Crippen LogP contribution is 2.38. The van der Waals surface area contributed by atoms with Gasteiger partial charge in [0.15, 0.2) is 5.43 Å². The standard InChI is InChI=1S/C20H24N2O4/c1-6-25-20(24)15-10-22-13(3)11-26-19-9-16(21(4)5)12(2)7-14(19)17(22)8-18(15)23/h7-10,13H,6,11H2,1-5H3/t13-/m1/s1. The van der Waals surface area contributed by atoms with Gasteiger partial charge in [-0.25, -0.2) is 4.79 Å². The molecule has 2 heterocycles. The highest BCUT2D eigenvalue weighted by molar-refractivity contribution is 5.89. The fourth-order valence-electron chi connectivity index (χ4n) is 3.26. The number of ether oxygens (including phenoxy) is 2. The van der Waals surface area contributed by atoms with Crippen LogP contribution in [-0.4, -0.2) is 37.8 Å². The fourth-order valence-corrected chi connectivity index (χ4v) is 3.26. The third-order valence-electron chi connectivity index (χ3n) is 4.59. The van der Waals surface area contributed by atoms with Gasteiger partial charge in [-0.2, -0.15) is 0 Å². The van der Waals surface area contributed by atoms with Crippen molar-refractivity contribution in [2.75, 3.05) is 32.2 Å². The van der Waals surface area contributed by atoms with Crippen LogP contribution in [0.5, 0.6) is 5.75 Å². The van der Waals surface area contributed by atoms with Gasteiger partial charge < -0.3 is 18.9 Å². The summed E-state index contributed by atoms with van der Waals surface area (Å²) in [5.41, 5.74) is 3.45. The molecular weight excluding hydrogens is 332 g/mol. The summed E-state index contributed by atoms with van der Waals surface area (Å²) in [6, 6.07) is 5.49. The van der Waals surface area contributed by atoms with Gasteiger partial charge in [0, 0.05) is 43.7 Å². The number of benzene rings is 1. The van der Waals surface area contributed by atoms with Crippen LogP contribution in [-0.2, 0) is 4.74 Å². The molecule has 0 fully saturated rings. The average Bonchev–Trinajstić information content (AvgIpc) is 2.71. The second-order valence-corrected chi connectivity index (χ2v) is 6.75. The molecule has 1 aromatic heterocycles. The predicted molar refractivity (Wildman–Crippen MR) is 101 cm³/mol. The third-order valence-corrected chi connectivity index (χ3v) is 4.59. The van der Waals surface area contributed by atoms with E-state index in [1.807, 2.05) is 49.5 Å². The molecule has 0 radical (unpaired) electrons. The molecule has 1 atom stereocenters. The van der Waals surface area contributed by atoms with Gasteiger partial charge in [0.25, 0.3) is 0 Å². The minimum absolute atomic E-state index is 0.0331. The molecule has 0 aliphatic carbocycles. The van der Waals surface area contributed by atoms with E-state index < -0.39 is 5.97 Å². The topological polar surface area (TPSA) is 60.8 Å². The molecule has 138 valence electrons. The summed E-state index contributed by atoms with van der Waals surface area (Å²) >= 11 is 0. The summed E-state index contributed by atoms with van der Waals surface area (Å²) in [6.45, 7) is 6.42. The second-order valence-electron chi connectivity index (χ2n) is 6.75. The Kier molecular flexibility index (Phi) is 4.76. The summed E-state index contributed by atoms with van der Waals surface area (Å²) in [4.78, 5) is 26.7. The lowest BCUT2D eigenvalue weighted by molar-refractivity contribution is 0.0523. The van der Waals surface area contributed by atoms with Crippen LogP contribution in [0.4, 0.5) is 5.69 Å². The number of pyridine rings is 1. The van der Waals surface area contributed by atoms with Gasteiger partial charge >= 0.3 is 5.97 Å². The van der Waals surface area contributed by atoms with E-state index in [-0.39, 0.29) is 23.6 Å². The molecule has 2 aromatic rings. The number of hydrogen-bond donors (Lipinski definition) is 0. The van der Waals surface area contributed by atoms with Gasteiger partial charge in [-0.3, -0.25) is 4.79 Å². The molecule has 1 aliphatic heterocycles. The van der Waals surface area contributed by atoms with Gasteiger partial charge in [-0.15, -0.1) is 0 Å². The number of nitrogens with zero attached hydrogens (tertiary/aromatic N) is 2. The molecule has 0 amide bonds. The molecule has 0 N–H and O–H groups in total. The Morgan fingerprint density at radius 2 is 2.08 bits per heavy atom. The smallest absolute Gasteiger partial charge is 0.343 e. The Labute approximate surface area is 153 Å². The SMILES string of the molecule is CCOC(=O)c1cn2c(cc1=O)-c1cc(C)c(N(C)C)cc1OC[C@H]2C. The minimum atomic E-state index is -0.593. The highest BCUT2D eigenvalue weighted by atomic mass is 16.5.